The van der Waals surface area contributed by atoms with Gasteiger partial charge in [-0.05, 0) is 49.6 Å². The number of ketones is 1. The first-order chi connectivity index (χ1) is 15.6. The van der Waals surface area contributed by atoms with Crippen LogP contribution in [0.15, 0.2) is 57.8 Å². The number of rotatable bonds is 5. The van der Waals surface area contributed by atoms with Crippen LogP contribution in [0.25, 0.3) is 0 Å². The Hall–Kier alpha value is -2.38. The molecule has 0 saturated heterocycles. The minimum atomic E-state index is -0.422. The average Bonchev–Trinajstić information content (AvgIpc) is 3.11. The van der Waals surface area contributed by atoms with Crippen LogP contribution in [0.2, 0.25) is 0 Å². The Morgan fingerprint density at radius 3 is 2.58 bits per heavy atom. The summed E-state index contributed by atoms with van der Waals surface area (Å²) in [4.78, 5) is 28.3. The van der Waals surface area contributed by atoms with Gasteiger partial charge in [-0.25, -0.2) is 4.79 Å². The largest absolute Gasteiger partial charge is 0.489 e. The van der Waals surface area contributed by atoms with E-state index >= 15 is 0 Å². The van der Waals surface area contributed by atoms with Gasteiger partial charge in [0.25, 0.3) is 0 Å². The smallest absolute Gasteiger partial charge is 0.336 e. The molecule has 7 heteroatoms. The SMILES string of the molecule is COC(=O)C1=C(C)NC2=CC(C)(C)CC(=O)C2C1c1cc(COc2ccc(Br)cc2)c(C)s1. The summed E-state index contributed by atoms with van der Waals surface area (Å²) in [5.74, 6) is -0.274. The maximum Gasteiger partial charge on any atom is 0.336 e. The highest BCUT2D eigenvalue weighted by molar-refractivity contribution is 9.10. The molecule has 2 aliphatic rings. The lowest BCUT2D eigenvalue weighted by Crippen LogP contribution is -2.43. The molecule has 1 aliphatic carbocycles. The van der Waals surface area contributed by atoms with Crippen molar-refractivity contribution in [2.75, 3.05) is 7.11 Å². The lowest BCUT2D eigenvalue weighted by atomic mass is 9.68. The van der Waals surface area contributed by atoms with Crippen LogP contribution in [0.4, 0.5) is 0 Å². The molecule has 2 aromatic rings. The van der Waals surface area contributed by atoms with Crippen molar-refractivity contribution in [2.45, 2.75) is 46.6 Å². The number of esters is 1. The Kier molecular flexibility index (Phi) is 6.56. The number of allylic oxidation sites excluding steroid dienone is 3. The van der Waals surface area contributed by atoms with Crippen molar-refractivity contribution in [1.82, 2.24) is 5.32 Å². The molecule has 4 rings (SSSR count). The predicted octanol–water partition coefficient (Wildman–Crippen LogP) is 6.03. The second-order valence-electron chi connectivity index (χ2n) is 9.31. The summed E-state index contributed by atoms with van der Waals surface area (Å²) in [6.45, 7) is 8.46. The van der Waals surface area contributed by atoms with Crippen molar-refractivity contribution < 1.29 is 19.1 Å². The number of benzene rings is 1. The molecule has 0 spiro atoms. The second kappa shape index (κ2) is 9.11. The van der Waals surface area contributed by atoms with Crippen LogP contribution in [-0.2, 0) is 20.9 Å². The van der Waals surface area contributed by atoms with E-state index in [-0.39, 0.29) is 17.1 Å². The van der Waals surface area contributed by atoms with Crippen LogP contribution in [0.5, 0.6) is 5.75 Å². The molecule has 0 amide bonds. The number of ether oxygens (including phenoxy) is 2. The third-order valence-corrected chi connectivity index (χ3v) is 7.90. The van der Waals surface area contributed by atoms with E-state index in [2.05, 4.69) is 47.2 Å². The number of hydrogen-bond donors (Lipinski definition) is 1. The molecule has 33 heavy (non-hydrogen) atoms. The first-order valence-corrected chi connectivity index (χ1v) is 12.5. The first kappa shape index (κ1) is 23.8. The van der Waals surface area contributed by atoms with E-state index in [1.807, 2.05) is 38.1 Å². The summed E-state index contributed by atoms with van der Waals surface area (Å²) in [7, 11) is 1.38. The summed E-state index contributed by atoms with van der Waals surface area (Å²) >= 11 is 5.05. The zero-order valence-electron chi connectivity index (χ0n) is 19.5. The zero-order valence-corrected chi connectivity index (χ0v) is 21.9. The van der Waals surface area contributed by atoms with Gasteiger partial charge in [-0.3, -0.25) is 4.79 Å². The van der Waals surface area contributed by atoms with Crippen molar-refractivity contribution >= 4 is 39.0 Å². The van der Waals surface area contributed by atoms with Crippen LogP contribution in [0.1, 0.15) is 48.4 Å². The first-order valence-electron chi connectivity index (χ1n) is 10.9. The number of thiophene rings is 1. The van der Waals surface area contributed by atoms with Gasteiger partial charge in [0.2, 0.25) is 0 Å². The molecule has 2 atom stereocenters. The van der Waals surface area contributed by atoms with Crippen molar-refractivity contribution in [1.29, 1.82) is 0 Å². The lowest BCUT2D eigenvalue weighted by molar-refractivity contribution is -0.136. The topological polar surface area (TPSA) is 64.6 Å². The van der Waals surface area contributed by atoms with Crippen molar-refractivity contribution in [3.8, 4) is 5.75 Å². The average molecular weight is 530 g/mol. The van der Waals surface area contributed by atoms with E-state index in [9.17, 15) is 9.59 Å². The highest BCUT2D eigenvalue weighted by Gasteiger charge is 2.46. The van der Waals surface area contributed by atoms with E-state index in [0.717, 1.165) is 36.9 Å². The standard InChI is InChI=1S/C26H28BrNO4S/c1-14-22(25(30)31-5)24(23-19(28-14)11-26(3,4)12-20(23)29)21-10-16(15(2)33-21)13-32-18-8-6-17(27)7-9-18/h6-11,23-24,28H,12-13H2,1-5H3. The summed E-state index contributed by atoms with van der Waals surface area (Å²) < 4.78 is 12.1. The molecular formula is C26H28BrNO4S. The van der Waals surface area contributed by atoms with Crippen molar-refractivity contribution in [3.63, 3.8) is 0 Å². The van der Waals surface area contributed by atoms with E-state index in [1.165, 1.54) is 7.11 Å². The Morgan fingerprint density at radius 1 is 1.21 bits per heavy atom. The molecule has 1 aliphatic heterocycles. The van der Waals surface area contributed by atoms with Gasteiger partial charge in [0.1, 0.15) is 18.1 Å². The fraction of sp³-hybridized carbons (Fsp3) is 0.385. The van der Waals surface area contributed by atoms with Crippen LogP contribution in [-0.4, -0.2) is 18.9 Å². The van der Waals surface area contributed by atoms with Gasteiger partial charge >= 0.3 is 5.97 Å². The summed E-state index contributed by atoms with van der Waals surface area (Å²) in [6, 6.07) is 9.80. The fourth-order valence-electron chi connectivity index (χ4n) is 4.69. The Balaban J connectivity index is 1.72. The lowest BCUT2D eigenvalue weighted by Gasteiger charge is -2.40. The third kappa shape index (κ3) is 4.80. The van der Waals surface area contributed by atoms with E-state index in [1.54, 1.807) is 11.3 Å². The number of methoxy groups -OCH3 is 1. The quantitative estimate of drug-likeness (QED) is 0.479. The number of carbonyl (C=O) groups excluding carboxylic acids is 2. The summed E-state index contributed by atoms with van der Waals surface area (Å²) in [5, 5.41) is 3.34. The molecule has 2 unspecified atom stereocenters. The monoisotopic (exact) mass is 529 g/mol. The second-order valence-corrected chi connectivity index (χ2v) is 11.5. The molecule has 1 N–H and O–H groups in total. The maximum absolute atomic E-state index is 13.3. The predicted molar refractivity (Wildman–Crippen MR) is 133 cm³/mol. The zero-order chi connectivity index (χ0) is 23.9. The number of Topliss-reactive ketones (excluding diaryl/α,β-unsaturated/α-hetero) is 1. The molecule has 0 radical (unpaired) electrons. The van der Waals surface area contributed by atoms with Gasteiger partial charge < -0.3 is 14.8 Å². The number of carbonyl (C=O) groups is 2. The van der Waals surface area contributed by atoms with Gasteiger partial charge in [0.05, 0.1) is 18.6 Å². The van der Waals surface area contributed by atoms with Crippen molar-refractivity contribution in [3.05, 3.63) is 73.2 Å². The number of hydrogen-bond acceptors (Lipinski definition) is 6. The molecule has 2 heterocycles. The van der Waals surface area contributed by atoms with E-state index < -0.39 is 11.9 Å². The molecular weight excluding hydrogens is 502 g/mol. The maximum atomic E-state index is 13.3. The van der Waals surface area contributed by atoms with E-state index in [4.69, 9.17) is 9.47 Å². The number of halogens is 1. The molecule has 174 valence electrons. The van der Waals surface area contributed by atoms with Crippen LogP contribution >= 0.6 is 27.3 Å². The molecule has 0 fully saturated rings. The molecule has 1 aromatic carbocycles. The van der Waals surface area contributed by atoms with Crippen molar-refractivity contribution in [2.24, 2.45) is 11.3 Å². The normalized spacial score (nSPS) is 21.8. The number of fused-ring (bicyclic) bond motifs is 1. The van der Waals surface area contributed by atoms with Crippen LogP contribution in [0.3, 0.4) is 0 Å². The highest BCUT2D eigenvalue weighted by Crippen LogP contribution is 2.48. The molecule has 0 saturated carbocycles. The summed E-state index contributed by atoms with van der Waals surface area (Å²) in [6.07, 6.45) is 2.58. The van der Waals surface area contributed by atoms with E-state index in [0.29, 0.717) is 18.6 Å². The van der Waals surface area contributed by atoms with Gasteiger partial charge in [-0.2, -0.15) is 0 Å². The fourth-order valence-corrected chi connectivity index (χ4v) is 6.14. The Labute approximate surface area is 207 Å². The number of nitrogens with one attached hydrogen (secondary N) is 1. The molecule has 0 bridgehead atoms. The van der Waals surface area contributed by atoms with Gasteiger partial charge in [0, 0.05) is 43.5 Å². The molecule has 1 aromatic heterocycles. The highest BCUT2D eigenvalue weighted by atomic mass is 79.9. The third-order valence-electron chi connectivity index (χ3n) is 6.20. The van der Waals surface area contributed by atoms with Gasteiger partial charge in [0.15, 0.2) is 0 Å². The minimum absolute atomic E-state index is 0.141. The van der Waals surface area contributed by atoms with Crippen LogP contribution < -0.4 is 10.1 Å². The van der Waals surface area contributed by atoms with Gasteiger partial charge in [-0.15, -0.1) is 11.3 Å². The minimum Gasteiger partial charge on any atom is -0.489 e. The Bertz CT molecular complexity index is 1160. The van der Waals surface area contributed by atoms with Crippen LogP contribution in [0, 0.1) is 18.3 Å². The number of aryl methyl sites for hydroxylation is 1. The molecule has 5 nitrogen and oxygen atoms in total. The summed E-state index contributed by atoms with van der Waals surface area (Å²) in [5.41, 5.74) is 2.96. The van der Waals surface area contributed by atoms with Gasteiger partial charge in [-0.1, -0.05) is 35.9 Å². The Morgan fingerprint density at radius 2 is 1.91 bits per heavy atom.